The number of imidazole rings is 1. The third-order valence-electron chi connectivity index (χ3n) is 5.61. The second kappa shape index (κ2) is 3.96. The van der Waals surface area contributed by atoms with Gasteiger partial charge in [0.1, 0.15) is 5.82 Å². The van der Waals surface area contributed by atoms with Crippen molar-refractivity contribution < 1.29 is 9.84 Å². The molecular weight excluding hydrogens is 268 g/mol. The molecule has 5 heterocycles. The highest BCUT2D eigenvalue weighted by Gasteiger charge is 2.63. The van der Waals surface area contributed by atoms with E-state index in [2.05, 4.69) is 19.3 Å². The lowest BCUT2D eigenvalue weighted by Gasteiger charge is -2.27. The van der Waals surface area contributed by atoms with Crippen LogP contribution in [0.3, 0.4) is 0 Å². The van der Waals surface area contributed by atoms with Crippen LogP contribution in [0.15, 0.2) is 24.8 Å². The van der Waals surface area contributed by atoms with Gasteiger partial charge in [0.25, 0.3) is 0 Å². The molecule has 110 valence electrons. The summed E-state index contributed by atoms with van der Waals surface area (Å²) in [5.41, 5.74) is 0.812. The summed E-state index contributed by atoms with van der Waals surface area (Å²) >= 11 is 0. The molecule has 6 nitrogen and oxygen atoms in total. The number of aliphatic hydroxyl groups is 1. The van der Waals surface area contributed by atoms with E-state index >= 15 is 0 Å². The molecule has 3 fully saturated rings. The molecule has 3 aliphatic heterocycles. The van der Waals surface area contributed by atoms with Crippen LogP contribution in [-0.2, 0) is 4.74 Å². The number of aromatic nitrogens is 3. The van der Waals surface area contributed by atoms with Gasteiger partial charge in [-0.25, -0.2) is 4.98 Å². The first-order valence-electron chi connectivity index (χ1n) is 7.61. The Morgan fingerprint density at radius 1 is 1.43 bits per heavy atom. The van der Waals surface area contributed by atoms with Gasteiger partial charge >= 0.3 is 0 Å². The van der Waals surface area contributed by atoms with Gasteiger partial charge in [0.15, 0.2) is 5.65 Å². The summed E-state index contributed by atoms with van der Waals surface area (Å²) < 4.78 is 8.36. The zero-order valence-electron chi connectivity index (χ0n) is 11.7. The maximum atomic E-state index is 9.70. The highest BCUT2D eigenvalue weighted by atomic mass is 16.5. The van der Waals surface area contributed by atoms with Gasteiger partial charge in [-0.2, -0.15) is 0 Å². The zero-order chi connectivity index (χ0) is 14.0. The van der Waals surface area contributed by atoms with Crippen LogP contribution < -0.4 is 4.90 Å². The fourth-order valence-electron chi connectivity index (χ4n) is 4.68. The first-order valence-corrected chi connectivity index (χ1v) is 7.61. The van der Waals surface area contributed by atoms with E-state index in [0.717, 1.165) is 37.4 Å². The number of aliphatic hydroxyl groups excluding tert-OH is 1. The van der Waals surface area contributed by atoms with Crippen LogP contribution in [0.4, 0.5) is 5.82 Å². The molecule has 21 heavy (non-hydrogen) atoms. The summed E-state index contributed by atoms with van der Waals surface area (Å²) in [7, 11) is 0. The van der Waals surface area contributed by atoms with Crippen molar-refractivity contribution in [2.75, 3.05) is 24.6 Å². The molecule has 2 aromatic rings. The normalized spacial score (nSPS) is 37.6. The van der Waals surface area contributed by atoms with Gasteiger partial charge in [-0.1, -0.05) is 0 Å². The molecule has 0 saturated carbocycles. The lowest BCUT2D eigenvalue weighted by atomic mass is 9.74. The molecule has 1 N–H and O–H groups in total. The number of ether oxygens (including phenoxy) is 1. The number of hydrogen-bond donors (Lipinski definition) is 1. The average molecular weight is 286 g/mol. The number of fused-ring (bicyclic) bond motifs is 2. The average Bonchev–Trinajstić information content (AvgIpc) is 3.24. The predicted octanol–water partition coefficient (Wildman–Crippen LogP) is 0.705. The van der Waals surface area contributed by atoms with Crippen molar-refractivity contribution in [1.29, 1.82) is 0 Å². The van der Waals surface area contributed by atoms with E-state index in [9.17, 15) is 5.11 Å². The van der Waals surface area contributed by atoms with Crippen LogP contribution in [0.25, 0.3) is 5.65 Å². The maximum Gasteiger partial charge on any atom is 0.156 e. The summed E-state index contributed by atoms with van der Waals surface area (Å²) in [6.45, 7) is 2.06. The Morgan fingerprint density at radius 3 is 3.29 bits per heavy atom. The van der Waals surface area contributed by atoms with Gasteiger partial charge in [-0.3, -0.25) is 9.38 Å². The minimum Gasteiger partial charge on any atom is -0.396 e. The first-order chi connectivity index (χ1) is 10.3. The van der Waals surface area contributed by atoms with Crippen molar-refractivity contribution >= 4 is 11.5 Å². The Hall–Kier alpha value is -1.66. The van der Waals surface area contributed by atoms with E-state index in [-0.39, 0.29) is 18.3 Å². The van der Waals surface area contributed by atoms with Crippen molar-refractivity contribution in [3.05, 3.63) is 24.8 Å². The van der Waals surface area contributed by atoms with Gasteiger partial charge in [0.05, 0.1) is 24.1 Å². The zero-order valence-corrected chi connectivity index (χ0v) is 11.7. The molecule has 3 saturated heterocycles. The molecule has 2 aromatic heterocycles. The molecule has 2 bridgehead atoms. The Morgan fingerprint density at radius 2 is 2.38 bits per heavy atom. The van der Waals surface area contributed by atoms with Crippen molar-refractivity contribution in [3.63, 3.8) is 0 Å². The van der Waals surface area contributed by atoms with Crippen LogP contribution >= 0.6 is 0 Å². The molecular formula is C15H18N4O2. The monoisotopic (exact) mass is 286 g/mol. The lowest BCUT2D eigenvalue weighted by molar-refractivity contribution is 0.0128. The minimum atomic E-state index is -0.0548. The largest absolute Gasteiger partial charge is 0.396 e. The van der Waals surface area contributed by atoms with E-state index in [0.29, 0.717) is 11.8 Å². The smallest absolute Gasteiger partial charge is 0.156 e. The van der Waals surface area contributed by atoms with Crippen molar-refractivity contribution in [3.8, 4) is 0 Å². The van der Waals surface area contributed by atoms with Crippen LogP contribution in [0, 0.1) is 11.8 Å². The lowest BCUT2D eigenvalue weighted by Crippen LogP contribution is -2.37. The molecule has 0 radical (unpaired) electrons. The molecule has 0 aliphatic carbocycles. The minimum absolute atomic E-state index is 0.0548. The van der Waals surface area contributed by atoms with Gasteiger partial charge in [0, 0.05) is 43.9 Å². The van der Waals surface area contributed by atoms with Crippen LogP contribution in [0.5, 0.6) is 0 Å². The van der Waals surface area contributed by atoms with E-state index in [1.54, 1.807) is 12.4 Å². The fraction of sp³-hybridized carbons (Fsp3) is 0.600. The Kier molecular flexibility index (Phi) is 2.25. The van der Waals surface area contributed by atoms with E-state index < -0.39 is 0 Å². The summed E-state index contributed by atoms with van der Waals surface area (Å²) in [6, 6.07) is 0. The van der Waals surface area contributed by atoms with E-state index in [1.807, 2.05) is 12.4 Å². The van der Waals surface area contributed by atoms with E-state index in [1.165, 1.54) is 0 Å². The van der Waals surface area contributed by atoms with Crippen molar-refractivity contribution in [1.82, 2.24) is 14.4 Å². The van der Waals surface area contributed by atoms with Gasteiger partial charge in [-0.05, 0) is 12.8 Å². The Balaban J connectivity index is 1.54. The second-order valence-corrected chi connectivity index (χ2v) is 6.51. The Bertz CT molecular complexity index is 702. The van der Waals surface area contributed by atoms with Crippen molar-refractivity contribution in [2.24, 2.45) is 11.8 Å². The maximum absolute atomic E-state index is 9.70. The molecule has 0 amide bonds. The van der Waals surface area contributed by atoms with Gasteiger partial charge in [0.2, 0.25) is 0 Å². The molecule has 6 heteroatoms. The highest BCUT2D eigenvalue weighted by Crippen LogP contribution is 2.55. The molecule has 0 unspecified atom stereocenters. The van der Waals surface area contributed by atoms with Crippen LogP contribution in [-0.4, -0.2) is 50.9 Å². The number of nitrogens with zero attached hydrogens (tertiary/aromatic N) is 4. The number of anilines is 1. The number of hydrogen-bond acceptors (Lipinski definition) is 5. The van der Waals surface area contributed by atoms with Crippen LogP contribution in [0.1, 0.15) is 12.8 Å². The first kappa shape index (κ1) is 11.9. The van der Waals surface area contributed by atoms with E-state index in [4.69, 9.17) is 4.74 Å². The standard InChI is InChI=1S/C15H18N4O2/c20-8-10-11-7-18(9-15(11)2-1-12(10)21-15)14-6-16-5-13-17-3-4-19(13)14/h3-6,10-12,20H,1-2,7-9H2/t10-,11+,12+,15+/m1/s1. The summed E-state index contributed by atoms with van der Waals surface area (Å²) in [4.78, 5) is 11.0. The number of rotatable bonds is 2. The summed E-state index contributed by atoms with van der Waals surface area (Å²) in [5, 5.41) is 9.70. The quantitative estimate of drug-likeness (QED) is 0.881. The molecule has 1 spiro atoms. The van der Waals surface area contributed by atoms with Gasteiger partial charge in [-0.15, -0.1) is 0 Å². The third kappa shape index (κ3) is 1.44. The fourth-order valence-corrected chi connectivity index (χ4v) is 4.68. The Labute approximate surface area is 122 Å². The third-order valence-corrected chi connectivity index (χ3v) is 5.61. The topological polar surface area (TPSA) is 62.9 Å². The molecule has 0 aromatic carbocycles. The molecule has 3 aliphatic rings. The highest BCUT2D eigenvalue weighted by molar-refractivity contribution is 5.50. The summed E-state index contributed by atoms with van der Waals surface area (Å²) in [6.07, 6.45) is 9.91. The van der Waals surface area contributed by atoms with Gasteiger partial charge < -0.3 is 14.7 Å². The van der Waals surface area contributed by atoms with Crippen LogP contribution in [0.2, 0.25) is 0 Å². The SMILES string of the molecule is OC[C@H]1[C@@H]2CC[C@@]3(CN(c4cncc5nccn45)C[C@@H]13)O2. The summed E-state index contributed by atoms with van der Waals surface area (Å²) in [5.74, 6) is 1.79. The molecule has 4 atom stereocenters. The predicted molar refractivity (Wildman–Crippen MR) is 76.1 cm³/mol. The van der Waals surface area contributed by atoms with Crippen molar-refractivity contribution in [2.45, 2.75) is 24.5 Å². The molecule has 5 rings (SSSR count). The second-order valence-electron chi connectivity index (χ2n) is 6.51.